The topological polar surface area (TPSA) is 123 Å². The molecule has 276 valence electrons. The summed E-state index contributed by atoms with van der Waals surface area (Å²) < 4.78 is 64.6. The number of pyridine rings is 1. The van der Waals surface area contributed by atoms with Crippen LogP contribution in [0, 0.1) is 11.6 Å². The molecule has 1 N–H and O–H groups in total. The van der Waals surface area contributed by atoms with Crippen molar-refractivity contribution in [3.8, 4) is 16.8 Å². The number of hydrogen-bond donors (Lipinski definition) is 1. The predicted octanol–water partition coefficient (Wildman–Crippen LogP) is 7.11. The number of rotatable bonds is 18. The second-order valence-corrected chi connectivity index (χ2v) is 15.1. The summed E-state index contributed by atoms with van der Waals surface area (Å²) in [5.74, 6) is -1.45. The number of ether oxygens (including phenoxy) is 1. The van der Waals surface area contributed by atoms with Crippen LogP contribution in [0.2, 0.25) is 0 Å². The lowest BCUT2D eigenvalue weighted by atomic mass is 10.0. The lowest BCUT2D eigenvalue weighted by molar-refractivity contribution is -0.140. The van der Waals surface area contributed by atoms with Crippen molar-refractivity contribution < 1.29 is 26.7 Å². The van der Waals surface area contributed by atoms with Gasteiger partial charge in [-0.25, -0.2) is 32.2 Å². The van der Waals surface area contributed by atoms with Gasteiger partial charge in [0.1, 0.15) is 23.6 Å². The van der Waals surface area contributed by atoms with Crippen LogP contribution in [0.25, 0.3) is 27.8 Å². The first-order valence-corrected chi connectivity index (χ1v) is 19.6. The maximum Gasteiger partial charge on any atom is 0.305 e. The number of halogens is 2. The molecule has 5 rings (SSSR count). The molecule has 1 aliphatic rings. The Labute approximate surface area is 299 Å². The number of hydrogen-bond acceptors (Lipinski definition) is 9. The number of piperidine rings is 1. The molecule has 0 atom stereocenters. The number of sulfonamides is 1. The molecule has 11 nitrogen and oxygen atoms in total. The van der Waals surface area contributed by atoms with Crippen LogP contribution in [-0.2, 0) is 19.6 Å². The Kier molecular flexibility index (Phi) is 13.3. The largest absolute Gasteiger partial charge is 0.469 e. The van der Waals surface area contributed by atoms with Gasteiger partial charge in [-0.05, 0) is 62.9 Å². The van der Waals surface area contributed by atoms with Gasteiger partial charge in [0, 0.05) is 62.3 Å². The molecular formula is C37H49F2N7O4S. The maximum atomic E-state index is 16.0. The van der Waals surface area contributed by atoms with Crippen molar-refractivity contribution in [1.82, 2.24) is 24.4 Å². The Balaban J connectivity index is 1.27. The third-order valence-corrected chi connectivity index (χ3v) is 11.1. The fraction of sp³-hybridized carbons (Fsp3) is 0.514. The zero-order valence-electron chi connectivity index (χ0n) is 29.8. The molecule has 3 aromatic heterocycles. The summed E-state index contributed by atoms with van der Waals surface area (Å²) in [5.41, 5.74) is 1.45. The average molecular weight is 726 g/mol. The predicted molar refractivity (Wildman–Crippen MR) is 197 cm³/mol. The molecule has 4 aromatic rings. The summed E-state index contributed by atoms with van der Waals surface area (Å²) in [6.07, 6.45) is 17.0. The quantitative estimate of drug-likeness (QED) is 0.0845. The van der Waals surface area contributed by atoms with E-state index in [1.165, 1.54) is 43.7 Å². The highest BCUT2D eigenvalue weighted by molar-refractivity contribution is 7.92. The molecule has 0 amide bonds. The van der Waals surface area contributed by atoms with E-state index in [9.17, 15) is 13.2 Å². The first kappa shape index (κ1) is 38.1. The molecule has 0 saturated carbocycles. The number of esters is 1. The fourth-order valence-corrected chi connectivity index (χ4v) is 7.89. The first-order valence-electron chi connectivity index (χ1n) is 17.9. The molecule has 0 spiro atoms. The summed E-state index contributed by atoms with van der Waals surface area (Å²) in [5, 5.41) is 0. The van der Waals surface area contributed by atoms with E-state index in [1.54, 1.807) is 31.6 Å². The van der Waals surface area contributed by atoms with Gasteiger partial charge in [-0.15, -0.1) is 0 Å². The van der Waals surface area contributed by atoms with Crippen LogP contribution in [0.5, 0.6) is 0 Å². The first-order chi connectivity index (χ1) is 24.6. The van der Waals surface area contributed by atoms with Gasteiger partial charge in [0.25, 0.3) is 0 Å². The van der Waals surface area contributed by atoms with E-state index in [2.05, 4.69) is 24.5 Å². The fourth-order valence-electron chi connectivity index (χ4n) is 6.76. The number of carbonyl (C=O) groups is 1. The maximum absolute atomic E-state index is 16.0. The molecule has 51 heavy (non-hydrogen) atoms. The Hall–Kier alpha value is -4.17. The van der Waals surface area contributed by atoms with Crippen molar-refractivity contribution in [2.45, 2.75) is 83.6 Å². The lowest BCUT2D eigenvalue weighted by Gasteiger charge is -2.37. The number of fused-ring (bicyclic) bond motifs is 1. The summed E-state index contributed by atoms with van der Waals surface area (Å²) in [6.45, 7) is 4.81. The van der Waals surface area contributed by atoms with Gasteiger partial charge in [-0.2, -0.15) is 0 Å². The monoisotopic (exact) mass is 725 g/mol. The number of anilines is 2. The summed E-state index contributed by atoms with van der Waals surface area (Å²) in [7, 11) is -0.344. The summed E-state index contributed by atoms with van der Waals surface area (Å²) in [6, 6.07) is 6.08. The molecule has 4 heterocycles. The van der Waals surface area contributed by atoms with Gasteiger partial charge in [-0.1, -0.05) is 39.0 Å². The van der Waals surface area contributed by atoms with Gasteiger partial charge in [-0.3, -0.25) is 9.52 Å². The van der Waals surface area contributed by atoms with Crippen LogP contribution in [0.15, 0.2) is 49.2 Å². The molecular weight excluding hydrogens is 677 g/mol. The van der Waals surface area contributed by atoms with E-state index >= 15 is 8.78 Å². The highest BCUT2D eigenvalue weighted by Gasteiger charge is 2.26. The van der Waals surface area contributed by atoms with Gasteiger partial charge in [0.05, 0.1) is 29.6 Å². The molecule has 0 bridgehead atoms. The highest BCUT2D eigenvalue weighted by atomic mass is 32.2. The van der Waals surface area contributed by atoms with Crippen LogP contribution >= 0.6 is 0 Å². The molecule has 0 radical (unpaired) electrons. The van der Waals surface area contributed by atoms with Crippen LogP contribution < -0.4 is 9.62 Å². The number of carbonyl (C=O) groups excluding carboxylic acids is 1. The van der Waals surface area contributed by atoms with Crippen molar-refractivity contribution in [2.24, 2.45) is 0 Å². The molecule has 1 saturated heterocycles. The van der Waals surface area contributed by atoms with Crippen molar-refractivity contribution in [3.63, 3.8) is 0 Å². The number of unbranched alkanes of at least 4 members (excludes halogenated alkanes) is 6. The normalized spacial score (nSPS) is 14.2. The SMILES string of the molecule is CCCS(=O)(=O)Nc1ccc(F)c(-n2cc(-c3cncnc3)c3nc(N(C)C4CCN(CCCCCCCCCC(=O)OC)CC4)ccc32)c1F. The van der Waals surface area contributed by atoms with Gasteiger partial charge < -0.3 is 19.1 Å². The standard InChI is InChI=1S/C37H49F2N7O4S/c1-4-22-51(48,49)43-31-14-13-30(38)37(35(31)39)46-25-29(27-23-40-26-41-24-27)36-32(46)15-16-33(42-36)44(2)28-17-20-45(21-18-28)19-11-9-7-5-6-8-10-12-34(47)50-3/h13-16,23-26,28,43H,4-12,17-22H2,1-3H3. The van der Waals surface area contributed by atoms with Crippen LogP contribution in [0.3, 0.4) is 0 Å². The zero-order chi connectivity index (χ0) is 36.4. The van der Waals surface area contributed by atoms with E-state index in [0.717, 1.165) is 69.7 Å². The van der Waals surface area contributed by atoms with E-state index in [1.807, 2.05) is 13.1 Å². The lowest BCUT2D eigenvalue weighted by Crippen LogP contribution is -2.44. The summed E-state index contributed by atoms with van der Waals surface area (Å²) >= 11 is 0. The van der Waals surface area contributed by atoms with E-state index in [-0.39, 0.29) is 23.5 Å². The minimum absolute atomic E-state index is 0.127. The third kappa shape index (κ3) is 9.79. The second-order valence-electron chi connectivity index (χ2n) is 13.2. The van der Waals surface area contributed by atoms with Gasteiger partial charge in [0.15, 0.2) is 5.82 Å². The highest BCUT2D eigenvalue weighted by Crippen LogP contribution is 2.36. The third-order valence-electron chi connectivity index (χ3n) is 9.60. The van der Waals surface area contributed by atoms with Crippen molar-refractivity contribution >= 4 is 38.5 Å². The van der Waals surface area contributed by atoms with E-state index in [4.69, 9.17) is 9.72 Å². The van der Waals surface area contributed by atoms with Crippen LogP contribution in [-0.4, -0.2) is 84.4 Å². The Morgan fingerprint density at radius 2 is 1.69 bits per heavy atom. The zero-order valence-corrected chi connectivity index (χ0v) is 30.6. The number of benzene rings is 1. The number of nitrogens with zero attached hydrogens (tertiary/aromatic N) is 6. The van der Waals surface area contributed by atoms with Crippen molar-refractivity contribution in [1.29, 1.82) is 0 Å². The minimum Gasteiger partial charge on any atom is -0.469 e. The van der Waals surface area contributed by atoms with Gasteiger partial charge in [0.2, 0.25) is 10.0 Å². The average Bonchev–Trinajstić information content (AvgIpc) is 3.50. The molecule has 14 heteroatoms. The number of likely N-dealkylation sites (tertiary alicyclic amines) is 1. The number of aromatic nitrogens is 4. The number of nitrogens with one attached hydrogen (secondary N) is 1. The van der Waals surface area contributed by atoms with Crippen LogP contribution in [0.4, 0.5) is 20.3 Å². The Morgan fingerprint density at radius 3 is 2.37 bits per heavy atom. The smallest absolute Gasteiger partial charge is 0.305 e. The minimum atomic E-state index is -3.81. The van der Waals surface area contributed by atoms with E-state index < -0.39 is 27.3 Å². The van der Waals surface area contributed by atoms with Crippen LogP contribution in [0.1, 0.15) is 77.6 Å². The van der Waals surface area contributed by atoms with Gasteiger partial charge >= 0.3 is 5.97 Å². The van der Waals surface area contributed by atoms with Crippen molar-refractivity contribution in [2.75, 3.05) is 49.2 Å². The molecule has 1 aliphatic heterocycles. The molecule has 0 unspecified atom stereocenters. The Bertz CT molecular complexity index is 1870. The molecule has 1 fully saturated rings. The van der Waals surface area contributed by atoms with Crippen molar-refractivity contribution in [3.05, 3.63) is 60.8 Å². The van der Waals surface area contributed by atoms with E-state index in [0.29, 0.717) is 35.0 Å². The molecule has 0 aliphatic carbocycles. The second kappa shape index (κ2) is 17.9. The number of methoxy groups -OCH3 is 1. The summed E-state index contributed by atoms with van der Waals surface area (Å²) in [4.78, 5) is 29.3. The molecule has 1 aromatic carbocycles. The Morgan fingerprint density at radius 1 is 1.00 bits per heavy atom.